The van der Waals surface area contributed by atoms with Gasteiger partial charge in [0.05, 0.1) is 19.3 Å². The summed E-state index contributed by atoms with van der Waals surface area (Å²) in [6, 6.07) is 5.80. The monoisotopic (exact) mass is 289 g/mol. The van der Waals surface area contributed by atoms with E-state index in [1.54, 1.807) is 10.9 Å². The lowest BCUT2D eigenvalue weighted by Gasteiger charge is -2.16. The van der Waals surface area contributed by atoms with Crippen LogP contribution in [0.5, 0.6) is 11.5 Å². The minimum absolute atomic E-state index is 0.0898. The Kier molecular flexibility index (Phi) is 3.47. The largest absolute Gasteiger partial charge is 0.449 e. The molecule has 0 amide bonds. The second-order valence-electron chi connectivity index (χ2n) is 5.45. The number of rotatable bonds is 5. The van der Waals surface area contributed by atoms with Crippen molar-refractivity contribution in [1.29, 1.82) is 0 Å². The second-order valence-corrected chi connectivity index (χ2v) is 5.45. The fourth-order valence-corrected chi connectivity index (χ4v) is 2.26. The maximum Gasteiger partial charge on any atom is 0.246 e. The van der Waals surface area contributed by atoms with Crippen LogP contribution in [0.2, 0.25) is 0 Å². The van der Waals surface area contributed by atoms with E-state index in [-0.39, 0.29) is 6.61 Å². The number of hydrogen-bond acceptors (Lipinski definition) is 5. The molecule has 0 aliphatic carbocycles. The lowest BCUT2D eigenvalue weighted by atomic mass is 10.2. The number of hydrogen-bond donors (Lipinski definition) is 2. The summed E-state index contributed by atoms with van der Waals surface area (Å²) in [5.41, 5.74) is 2.02. The van der Waals surface area contributed by atoms with Crippen molar-refractivity contribution in [2.75, 3.05) is 11.9 Å². The van der Waals surface area contributed by atoms with Gasteiger partial charge in [0.2, 0.25) is 5.79 Å². The SMILES string of the molecule is CC1(C)Oc2ccc(NCc3cnn(CCO)c3)cc2O1. The zero-order valence-electron chi connectivity index (χ0n) is 12.2. The van der Waals surface area contributed by atoms with Crippen LogP contribution in [0.15, 0.2) is 30.6 Å². The van der Waals surface area contributed by atoms with Crippen LogP contribution in [0.4, 0.5) is 5.69 Å². The Morgan fingerprint density at radius 1 is 1.29 bits per heavy atom. The van der Waals surface area contributed by atoms with E-state index in [0.29, 0.717) is 13.1 Å². The van der Waals surface area contributed by atoms with Crippen molar-refractivity contribution in [3.8, 4) is 11.5 Å². The molecule has 6 heteroatoms. The summed E-state index contributed by atoms with van der Waals surface area (Å²) in [5.74, 6) is 0.911. The van der Waals surface area contributed by atoms with Crippen molar-refractivity contribution < 1.29 is 14.6 Å². The van der Waals surface area contributed by atoms with Crippen LogP contribution in [-0.2, 0) is 13.1 Å². The van der Waals surface area contributed by atoms with E-state index in [1.165, 1.54) is 0 Å². The Labute approximate surface area is 123 Å². The third kappa shape index (κ3) is 3.11. The van der Waals surface area contributed by atoms with Gasteiger partial charge < -0.3 is 19.9 Å². The highest BCUT2D eigenvalue weighted by Gasteiger charge is 2.31. The Morgan fingerprint density at radius 2 is 2.10 bits per heavy atom. The number of anilines is 1. The summed E-state index contributed by atoms with van der Waals surface area (Å²) in [6.07, 6.45) is 3.71. The highest BCUT2D eigenvalue weighted by Crippen LogP contribution is 2.40. The van der Waals surface area contributed by atoms with Gasteiger partial charge in [-0.25, -0.2) is 0 Å². The molecule has 2 aromatic rings. The highest BCUT2D eigenvalue weighted by molar-refractivity contribution is 5.56. The minimum Gasteiger partial charge on any atom is -0.449 e. The van der Waals surface area contributed by atoms with Crippen LogP contribution >= 0.6 is 0 Å². The van der Waals surface area contributed by atoms with E-state index < -0.39 is 5.79 Å². The smallest absolute Gasteiger partial charge is 0.246 e. The van der Waals surface area contributed by atoms with Crippen molar-refractivity contribution in [3.63, 3.8) is 0 Å². The Morgan fingerprint density at radius 3 is 2.90 bits per heavy atom. The molecule has 0 unspecified atom stereocenters. The van der Waals surface area contributed by atoms with Gasteiger partial charge in [-0.1, -0.05) is 0 Å². The third-order valence-electron chi connectivity index (χ3n) is 3.17. The number of aliphatic hydroxyl groups excluding tert-OH is 1. The maximum absolute atomic E-state index is 8.87. The zero-order valence-corrected chi connectivity index (χ0v) is 12.2. The number of aliphatic hydroxyl groups is 1. The quantitative estimate of drug-likeness (QED) is 0.881. The van der Waals surface area contributed by atoms with Crippen molar-refractivity contribution in [1.82, 2.24) is 9.78 Å². The molecular formula is C15H19N3O3. The Balaban J connectivity index is 1.64. The van der Waals surface area contributed by atoms with Gasteiger partial charge in [0.1, 0.15) is 0 Å². The van der Waals surface area contributed by atoms with Gasteiger partial charge in [-0.15, -0.1) is 0 Å². The number of ether oxygens (including phenoxy) is 2. The van der Waals surface area contributed by atoms with Crippen LogP contribution in [0, 0.1) is 0 Å². The first-order chi connectivity index (χ1) is 10.1. The van der Waals surface area contributed by atoms with Crippen LogP contribution in [0.25, 0.3) is 0 Å². The first-order valence-electron chi connectivity index (χ1n) is 6.94. The molecule has 0 bridgehead atoms. The molecule has 1 aliphatic heterocycles. The molecule has 0 saturated heterocycles. The van der Waals surface area contributed by atoms with Crippen molar-refractivity contribution >= 4 is 5.69 Å². The molecule has 0 saturated carbocycles. The molecular weight excluding hydrogens is 270 g/mol. The standard InChI is InChI=1S/C15H19N3O3/c1-15(2)20-13-4-3-12(7-14(13)21-15)16-8-11-9-17-18(10-11)5-6-19/h3-4,7,9-10,16,19H,5-6,8H2,1-2H3. The number of nitrogens with one attached hydrogen (secondary N) is 1. The van der Waals surface area contributed by atoms with Gasteiger partial charge in [-0.05, 0) is 12.1 Å². The fraction of sp³-hybridized carbons (Fsp3) is 0.400. The molecule has 21 heavy (non-hydrogen) atoms. The number of fused-ring (bicyclic) bond motifs is 1. The number of nitrogens with zero attached hydrogens (tertiary/aromatic N) is 2. The first-order valence-corrected chi connectivity index (χ1v) is 6.94. The van der Waals surface area contributed by atoms with Crippen LogP contribution in [0.3, 0.4) is 0 Å². The van der Waals surface area contributed by atoms with E-state index >= 15 is 0 Å². The average Bonchev–Trinajstić information content (AvgIpc) is 2.98. The molecule has 0 spiro atoms. The van der Waals surface area contributed by atoms with Crippen molar-refractivity contribution in [3.05, 3.63) is 36.2 Å². The molecule has 2 heterocycles. The van der Waals surface area contributed by atoms with E-state index in [9.17, 15) is 0 Å². The number of benzene rings is 1. The average molecular weight is 289 g/mol. The van der Waals surface area contributed by atoms with Gasteiger partial charge in [0, 0.05) is 43.9 Å². The van der Waals surface area contributed by atoms with Crippen LogP contribution in [-0.4, -0.2) is 27.3 Å². The topological polar surface area (TPSA) is 68.5 Å². The van der Waals surface area contributed by atoms with Gasteiger partial charge in [-0.2, -0.15) is 5.10 Å². The Bertz CT molecular complexity index is 637. The van der Waals surface area contributed by atoms with Crippen LogP contribution in [0.1, 0.15) is 19.4 Å². The lowest BCUT2D eigenvalue weighted by Crippen LogP contribution is -2.29. The first kappa shape index (κ1) is 13.8. The summed E-state index contributed by atoms with van der Waals surface area (Å²) < 4.78 is 13.1. The third-order valence-corrected chi connectivity index (χ3v) is 3.17. The lowest BCUT2D eigenvalue weighted by molar-refractivity contribution is -0.0431. The van der Waals surface area contributed by atoms with Crippen molar-refractivity contribution in [2.24, 2.45) is 0 Å². The van der Waals surface area contributed by atoms with Gasteiger partial charge >= 0.3 is 0 Å². The molecule has 1 aliphatic rings. The summed E-state index contributed by atoms with van der Waals surface area (Å²) >= 11 is 0. The van der Waals surface area contributed by atoms with E-state index in [0.717, 1.165) is 22.7 Å². The Hall–Kier alpha value is -2.21. The molecule has 0 fully saturated rings. The van der Waals surface area contributed by atoms with Crippen molar-refractivity contribution in [2.45, 2.75) is 32.7 Å². The van der Waals surface area contributed by atoms with Gasteiger partial charge in [-0.3, -0.25) is 4.68 Å². The zero-order chi connectivity index (χ0) is 14.9. The molecule has 6 nitrogen and oxygen atoms in total. The highest BCUT2D eigenvalue weighted by atomic mass is 16.7. The van der Waals surface area contributed by atoms with E-state index in [2.05, 4.69) is 10.4 Å². The predicted octanol–water partition coefficient (Wildman–Crippen LogP) is 1.99. The molecule has 112 valence electrons. The molecule has 3 rings (SSSR count). The summed E-state index contributed by atoms with van der Waals surface area (Å²) in [5, 5.41) is 16.4. The summed E-state index contributed by atoms with van der Waals surface area (Å²) in [4.78, 5) is 0. The summed E-state index contributed by atoms with van der Waals surface area (Å²) in [7, 11) is 0. The van der Waals surface area contributed by atoms with E-state index in [4.69, 9.17) is 14.6 Å². The van der Waals surface area contributed by atoms with E-state index in [1.807, 2.05) is 38.2 Å². The molecule has 2 N–H and O–H groups in total. The maximum atomic E-state index is 8.87. The van der Waals surface area contributed by atoms with Gasteiger partial charge in [0.25, 0.3) is 0 Å². The van der Waals surface area contributed by atoms with Gasteiger partial charge in [0.15, 0.2) is 11.5 Å². The number of aromatic nitrogens is 2. The normalized spacial score (nSPS) is 15.2. The summed E-state index contributed by atoms with van der Waals surface area (Å²) in [6.45, 7) is 5.03. The predicted molar refractivity (Wildman–Crippen MR) is 78.4 cm³/mol. The molecule has 0 atom stereocenters. The van der Waals surface area contributed by atoms with Crippen LogP contribution < -0.4 is 14.8 Å². The fourth-order valence-electron chi connectivity index (χ4n) is 2.26. The second kappa shape index (κ2) is 5.29. The molecule has 0 radical (unpaired) electrons. The minimum atomic E-state index is -0.605. The molecule has 1 aromatic heterocycles. The molecule has 1 aromatic carbocycles.